The first-order valence-corrected chi connectivity index (χ1v) is 9.82. The summed E-state index contributed by atoms with van der Waals surface area (Å²) in [5.41, 5.74) is 2.54. The van der Waals surface area contributed by atoms with Gasteiger partial charge in [0.1, 0.15) is 5.75 Å². The van der Waals surface area contributed by atoms with Crippen LogP contribution in [0.3, 0.4) is 0 Å². The van der Waals surface area contributed by atoms with Gasteiger partial charge >= 0.3 is 5.97 Å². The topological polar surface area (TPSA) is 49.8 Å². The van der Waals surface area contributed by atoms with Gasteiger partial charge in [0.25, 0.3) is 0 Å². The fourth-order valence-corrected chi connectivity index (χ4v) is 4.23. The summed E-state index contributed by atoms with van der Waals surface area (Å²) in [6.07, 6.45) is 3.55. The molecule has 1 aliphatic heterocycles. The summed E-state index contributed by atoms with van der Waals surface area (Å²) in [4.78, 5) is 14.3. The molecule has 1 atom stereocenters. The number of hydrogen-bond donors (Lipinski definition) is 1. The van der Waals surface area contributed by atoms with E-state index in [0.29, 0.717) is 11.3 Å². The zero-order valence-electron chi connectivity index (χ0n) is 16.1. The Morgan fingerprint density at radius 1 is 0.964 bits per heavy atom. The lowest BCUT2D eigenvalue weighted by atomic mass is 9.90. The first-order chi connectivity index (χ1) is 13.7. The molecule has 3 aromatic rings. The third-order valence-corrected chi connectivity index (χ3v) is 5.62. The summed E-state index contributed by atoms with van der Waals surface area (Å²) in [5.74, 6) is -0.0274. The van der Waals surface area contributed by atoms with Crippen molar-refractivity contribution < 1.29 is 14.6 Å². The van der Waals surface area contributed by atoms with Gasteiger partial charge in [-0.2, -0.15) is 0 Å². The molecule has 1 aliphatic rings. The molecule has 1 heterocycles. The van der Waals surface area contributed by atoms with Gasteiger partial charge in [0, 0.05) is 5.56 Å². The summed E-state index contributed by atoms with van der Waals surface area (Å²) < 4.78 is 4.82. The minimum absolute atomic E-state index is 0.0573. The first kappa shape index (κ1) is 18.5. The second-order valence-corrected chi connectivity index (χ2v) is 7.33. The molecule has 0 radical (unpaired) electrons. The lowest BCUT2D eigenvalue weighted by molar-refractivity contribution is 0.0600. The standard InChI is InChI=1S/C24H25NO3/c1-28-24(27)19-11-9-18(10-12-19)23(25-15-5-2-6-16-25)22-20-8-4-3-7-17(20)13-14-21(22)26/h3-4,7-14,23,26H,2,5-6,15-16H2,1H3. The first-order valence-electron chi connectivity index (χ1n) is 9.82. The zero-order chi connectivity index (χ0) is 19.5. The summed E-state index contributed by atoms with van der Waals surface area (Å²) in [6.45, 7) is 1.98. The van der Waals surface area contributed by atoms with Crippen LogP contribution in [-0.4, -0.2) is 36.2 Å². The number of aromatic hydroxyl groups is 1. The van der Waals surface area contributed by atoms with Crippen LogP contribution >= 0.6 is 0 Å². The summed E-state index contributed by atoms with van der Waals surface area (Å²) in [6, 6.07) is 19.4. The van der Waals surface area contributed by atoms with Gasteiger partial charge in [-0.25, -0.2) is 4.79 Å². The van der Waals surface area contributed by atoms with Gasteiger partial charge in [0.05, 0.1) is 18.7 Å². The van der Waals surface area contributed by atoms with E-state index >= 15 is 0 Å². The highest BCUT2D eigenvalue weighted by Gasteiger charge is 2.28. The number of phenolic OH excluding ortho intramolecular Hbond substituents is 1. The van der Waals surface area contributed by atoms with Gasteiger partial charge < -0.3 is 9.84 Å². The second-order valence-electron chi connectivity index (χ2n) is 7.33. The predicted molar refractivity (Wildman–Crippen MR) is 111 cm³/mol. The normalized spacial score (nSPS) is 16.0. The Morgan fingerprint density at radius 2 is 1.68 bits per heavy atom. The molecule has 3 aromatic carbocycles. The van der Waals surface area contributed by atoms with Crippen molar-refractivity contribution in [2.75, 3.05) is 20.2 Å². The number of likely N-dealkylation sites (tertiary alicyclic amines) is 1. The van der Waals surface area contributed by atoms with Crippen LogP contribution in [-0.2, 0) is 4.74 Å². The largest absolute Gasteiger partial charge is 0.508 e. The Bertz CT molecular complexity index is 975. The summed E-state index contributed by atoms with van der Waals surface area (Å²) in [5, 5.41) is 13.0. The van der Waals surface area contributed by atoms with Gasteiger partial charge in [-0.1, -0.05) is 48.9 Å². The van der Waals surface area contributed by atoms with E-state index in [9.17, 15) is 9.90 Å². The van der Waals surface area contributed by atoms with Gasteiger partial charge in [-0.3, -0.25) is 4.90 Å². The molecule has 0 aliphatic carbocycles. The van der Waals surface area contributed by atoms with Crippen LogP contribution in [0.25, 0.3) is 10.8 Å². The molecule has 4 heteroatoms. The minimum Gasteiger partial charge on any atom is -0.508 e. The van der Waals surface area contributed by atoms with Crippen molar-refractivity contribution >= 4 is 16.7 Å². The van der Waals surface area contributed by atoms with Crippen molar-refractivity contribution in [2.45, 2.75) is 25.3 Å². The second kappa shape index (κ2) is 8.03. The fraction of sp³-hybridized carbons (Fsp3) is 0.292. The van der Waals surface area contributed by atoms with E-state index in [-0.39, 0.29) is 12.0 Å². The highest BCUT2D eigenvalue weighted by atomic mass is 16.5. The molecule has 1 saturated heterocycles. The van der Waals surface area contributed by atoms with Crippen LogP contribution in [0.2, 0.25) is 0 Å². The van der Waals surface area contributed by atoms with Gasteiger partial charge in [-0.15, -0.1) is 0 Å². The van der Waals surface area contributed by atoms with Gasteiger partial charge in [0.2, 0.25) is 0 Å². The lowest BCUT2D eigenvalue weighted by Gasteiger charge is -2.36. The van der Waals surface area contributed by atoms with Crippen LogP contribution in [0.4, 0.5) is 0 Å². The molecule has 4 rings (SSSR count). The molecule has 0 saturated carbocycles. The average Bonchev–Trinajstić information content (AvgIpc) is 2.76. The number of methoxy groups -OCH3 is 1. The summed E-state index contributed by atoms with van der Waals surface area (Å²) in [7, 11) is 1.39. The van der Waals surface area contributed by atoms with Crippen molar-refractivity contribution in [3.05, 3.63) is 77.4 Å². The van der Waals surface area contributed by atoms with E-state index in [1.807, 2.05) is 30.3 Å². The SMILES string of the molecule is COC(=O)c1ccc(C(c2c(O)ccc3ccccc23)N2CCCCC2)cc1. The van der Waals surface area contributed by atoms with Crippen molar-refractivity contribution in [3.8, 4) is 5.75 Å². The molecule has 1 fully saturated rings. The molecule has 0 amide bonds. The maximum absolute atomic E-state index is 11.8. The molecular weight excluding hydrogens is 350 g/mol. The highest BCUT2D eigenvalue weighted by Crippen LogP contribution is 2.40. The van der Waals surface area contributed by atoms with Gasteiger partial charge in [-0.05, 0) is 60.5 Å². The molecule has 1 unspecified atom stereocenters. The van der Waals surface area contributed by atoms with Crippen molar-refractivity contribution in [3.63, 3.8) is 0 Å². The maximum Gasteiger partial charge on any atom is 0.337 e. The third kappa shape index (κ3) is 3.48. The molecular formula is C24H25NO3. The number of carbonyl (C=O) groups is 1. The van der Waals surface area contributed by atoms with Crippen LogP contribution in [0.1, 0.15) is 46.8 Å². The Morgan fingerprint density at radius 3 is 2.39 bits per heavy atom. The van der Waals surface area contributed by atoms with E-state index in [1.54, 1.807) is 18.2 Å². The number of phenols is 1. The molecule has 4 nitrogen and oxygen atoms in total. The molecule has 144 valence electrons. The molecule has 28 heavy (non-hydrogen) atoms. The minimum atomic E-state index is -0.339. The number of benzene rings is 3. The predicted octanol–water partition coefficient (Wildman–Crippen LogP) is 4.91. The molecule has 1 N–H and O–H groups in total. The Hall–Kier alpha value is -2.85. The van der Waals surface area contributed by atoms with Crippen LogP contribution < -0.4 is 0 Å². The van der Waals surface area contributed by atoms with E-state index in [0.717, 1.165) is 47.8 Å². The van der Waals surface area contributed by atoms with E-state index in [4.69, 9.17) is 4.74 Å². The average molecular weight is 375 g/mol. The Balaban J connectivity index is 1.85. The number of carbonyl (C=O) groups excluding carboxylic acids is 1. The highest BCUT2D eigenvalue weighted by molar-refractivity contribution is 5.90. The van der Waals surface area contributed by atoms with E-state index in [1.165, 1.54) is 13.5 Å². The molecule has 0 bridgehead atoms. The van der Waals surface area contributed by atoms with Crippen LogP contribution in [0, 0.1) is 0 Å². The number of ether oxygens (including phenoxy) is 1. The van der Waals surface area contributed by atoms with Crippen molar-refractivity contribution in [1.82, 2.24) is 4.90 Å². The van der Waals surface area contributed by atoms with E-state index < -0.39 is 0 Å². The third-order valence-electron chi connectivity index (χ3n) is 5.62. The Kier molecular flexibility index (Phi) is 5.31. The maximum atomic E-state index is 11.8. The number of nitrogens with zero attached hydrogens (tertiary/aromatic N) is 1. The number of hydrogen-bond acceptors (Lipinski definition) is 4. The number of rotatable bonds is 4. The zero-order valence-corrected chi connectivity index (χ0v) is 16.1. The van der Waals surface area contributed by atoms with Gasteiger partial charge in [0.15, 0.2) is 0 Å². The summed E-state index contributed by atoms with van der Waals surface area (Å²) >= 11 is 0. The fourth-order valence-electron chi connectivity index (χ4n) is 4.23. The van der Waals surface area contributed by atoms with Crippen LogP contribution in [0.15, 0.2) is 60.7 Å². The quantitative estimate of drug-likeness (QED) is 0.659. The lowest BCUT2D eigenvalue weighted by Crippen LogP contribution is -2.34. The Labute approximate surface area is 165 Å². The van der Waals surface area contributed by atoms with Crippen molar-refractivity contribution in [2.24, 2.45) is 0 Å². The monoisotopic (exact) mass is 375 g/mol. The number of piperidine rings is 1. The van der Waals surface area contributed by atoms with Crippen molar-refractivity contribution in [1.29, 1.82) is 0 Å². The smallest absolute Gasteiger partial charge is 0.337 e. The number of fused-ring (bicyclic) bond motifs is 1. The van der Waals surface area contributed by atoms with E-state index in [2.05, 4.69) is 17.0 Å². The molecule has 0 spiro atoms. The number of esters is 1. The molecule has 0 aromatic heterocycles. The van der Waals surface area contributed by atoms with Crippen LogP contribution in [0.5, 0.6) is 5.75 Å².